The van der Waals surface area contributed by atoms with E-state index in [0.29, 0.717) is 42.6 Å². The van der Waals surface area contributed by atoms with Crippen molar-refractivity contribution in [2.24, 2.45) is 0 Å². The van der Waals surface area contributed by atoms with E-state index in [-0.39, 0.29) is 11.6 Å². The summed E-state index contributed by atoms with van der Waals surface area (Å²) in [5, 5.41) is 12.0. The maximum Gasteiger partial charge on any atom is 0.273 e. The van der Waals surface area contributed by atoms with Gasteiger partial charge in [-0.05, 0) is 37.6 Å². The van der Waals surface area contributed by atoms with Crippen LogP contribution in [0.25, 0.3) is 10.2 Å². The Kier molecular flexibility index (Phi) is 6.26. The van der Waals surface area contributed by atoms with Crippen LogP contribution >= 0.6 is 11.3 Å². The number of carbonyl (C=O) groups excluding carboxylic acids is 1. The molecular formula is C22H24N4O4S. The molecule has 1 amide bonds. The van der Waals surface area contributed by atoms with E-state index in [9.17, 15) is 14.9 Å². The number of fused-ring (bicyclic) bond motifs is 1. The van der Waals surface area contributed by atoms with Crippen LogP contribution in [-0.4, -0.2) is 60.1 Å². The molecule has 8 nitrogen and oxygen atoms in total. The quantitative estimate of drug-likeness (QED) is 0.428. The number of anilines is 1. The van der Waals surface area contributed by atoms with Crippen molar-refractivity contribution in [2.45, 2.75) is 13.8 Å². The highest BCUT2D eigenvalue weighted by Gasteiger charge is 2.26. The molecule has 0 N–H and O–H groups in total. The fraction of sp³-hybridized carbons (Fsp3) is 0.364. The van der Waals surface area contributed by atoms with Crippen molar-refractivity contribution in [3.8, 4) is 0 Å². The van der Waals surface area contributed by atoms with Gasteiger partial charge >= 0.3 is 0 Å². The number of carbonyl (C=O) groups is 1. The van der Waals surface area contributed by atoms with Crippen LogP contribution in [0, 0.1) is 24.0 Å². The van der Waals surface area contributed by atoms with E-state index in [2.05, 4.69) is 11.0 Å². The molecule has 0 atom stereocenters. The minimum atomic E-state index is -0.454. The van der Waals surface area contributed by atoms with Gasteiger partial charge in [0.05, 0.1) is 28.4 Å². The van der Waals surface area contributed by atoms with E-state index in [4.69, 9.17) is 9.72 Å². The third kappa shape index (κ3) is 4.58. The summed E-state index contributed by atoms with van der Waals surface area (Å²) in [5.41, 5.74) is 2.60. The third-order valence-corrected chi connectivity index (χ3v) is 6.53. The predicted octanol–water partition coefficient (Wildman–Crippen LogP) is 3.80. The highest BCUT2D eigenvalue weighted by molar-refractivity contribution is 7.22. The monoisotopic (exact) mass is 440 g/mol. The number of hydrogen-bond donors (Lipinski definition) is 0. The van der Waals surface area contributed by atoms with Crippen molar-refractivity contribution in [3.05, 3.63) is 63.2 Å². The van der Waals surface area contributed by atoms with E-state index in [1.165, 1.54) is 17.4 Å². The number of morpholine rings is 1. The summed E-state index contributed by atoms with van der Waals surface area (Å²) in [6.45, 7) is 7.75. The van der Waals surface area contributed by atoms with Crippen LogP contribution in [0.2, 0.25) is 0 Å². The average Bonchev–Trinajstić information content (AvgIpc) is 3.17. The molecule has 1 aliphatic heterocycles. The van der Waals surface area contributed by atoms with Crippen molar-refractivity contribution >= 4 is 38.3 Å². The van der Waals surface area contributed by atoms with Gasteiger partial charge in [0.1, 0.15) is 0 Å². The maximum absolute atomic E-state index is 13.6. The first-order valence-electron chi connectivity index (χ1n) is 10.2. The van der Waals surface area contributed by atoms with Crippen LogP contribution in [-0.2, 0) is 4.74 Å². The van der Waals surface area contributed by atoms with Crippen molar-refractivity contribution in [1.82, 2.24) is 9.88 Å². The Balaban J connectivity index is 1.69. The summed E-state index contributed by atoms with van der Waals surface area (Å²) in [4.78, 5) is 33.1. The first-order valence-corrected chi connectivity index (χ1v) is 11.0. The lowest BCUT2D eigenvalue weighted by atomic mass is 10.1. The lowest BCUT2D eigenvalue weighted by molar-refractivity contribution is -0.385. The molecule has 0 saturated carbocycles. The number of amides is 1. The van der Waals surface area contributed by atoms with Gasteiger partial charge in [-0.1, -0.05) is 23.5 Å². The Bertz CT molecular complexity index is 1120. The number of nitro groups is 1. The van der Waals surface area contributed by atoms with Crippen LogP contribution in [0.15, 0.2) is 36.4 Å². The summed E-state index contributed by atoms with van der Waals surface area (Å²) >= 11 is 1.46. The molecule has 3 aromatic rings. The molecule has 162 valence electrons. The number of benzene rings is 2. The summed E-state index contributed by atoms with van der Waals surface area (Å²) in [7, 11) is 0. The first kappa shape index (κ1) is 21.4. The van der Waals surface area contributed by atoms with Crippen molar-refractivity contribution in [3.63, 3.8) is 0 Å². The lowest BCUT2D eigenvalue weighted by Crippen LogP contribution is -2.43. The van der Waals surface area contributed by atoms with Crippen molar-refractivity contribution < 1.29 is 14.5 Å². The third-order valence-electron chi connectivity index (χ3n) is 5.48. The second kappa shape index (κ2) is 9.09. The highest BCUT2D eigenvalue weighted by atomic mass is 32.1. The van der Waals surface area contributed by atoms with Gasteiger partial charge in [0, 0.05) is 43.4 Å². The standard InChI is InChI=1S/C22H24N4O4S/c1-15-6-7-18-20(14-15)31-22(23-18)25(9-8-24-10-12-30-13-11-24)21(27)17-4-3-5-19(16(17)2)26(28)29/h3-7,14H,8-13H2,1-2H3. The van der Waals surface area contributed by atoms with Crippen LogP contribution in [0.3, 0.4) is 0 Å². The van der Waals surface area contributed by atoms with Gasteiger partial charge in [-0.25, -0.2) is 4.98 Å². The number of nitro benzene ring substituents is 1. The summed E-state index contributed by atoms with van der Waals surface area (Å²) < 4.78 is 6.42. The van der Waals surface area contributed by atoms with E-state index < -0.39 is 4.92 Å². The largest absolute Gasteiger partial charge is 0.379 e. The number of ether oxygens (including phenoxy) is 1. The minimum Gasteiger partial charge on any atom is -0.379 e. The smallest absolute Gasteiger partial charge is 0.273 e. The molecule has 1 fully saturated rings. The van der Waals surface area contributed by atoms with Crippen molar-refractivity contribution in [2.75, 3.05) is 44.3 Å². The molecule has 4 rings (SSSR count). The maximum atomic E-state index is 13.6. The summed E-state index contributed by atoms with van der Waals surface area (Å²) in [5.74, 6) is -0.273. The Hall–Kier alpha value is -2.88. The SMILES string of the molecule is Cc1ccc2nc(N(CCN3CCOCC3)C(=O)c3cccc([N+](=O)[O-])c3C)sc2c1. The number of aromatic nitrogens is 1. The molecule has 1 saturated heterocycles. The Morgan fingerprint density at radius 1 is 1.26 bits per heavy atom. The van der Waals surface area contributed by atoms with Gasteiger partial charge in [0.25, 0.3) is 11.6 Å². The normalized spacial score (nSPS) is 14.6. The Morgan fingerprint density at radius 3 is 2.77 bits per heavy atom. The number of hydrogen-bond acceptors (Lipinski definition) is 7. The number of nitrogens with zero attached hydrogens (tertiary/aromatic N) is 4. The van der Waals surface area contributed by atoms with Gasteiger partial charge in [0.15, 0.2) is 5.13 Å². The minimum absolute atomic E-state index is 0.0566. The lowest BCUT2D eigenvalue weighted by Gasteiger charge is -2.29. The van der Waals surface area contributed by atoms with E-state index in [1.54, 1.807) is 24.0 Å². The summed E-state index contributed by atoms with van der Waals surface area (Å²) in [6, 6.07) is 10.6. The first-order chi connectivity index (χ1) is 14.9. The van der Waals surface area contributed by atoms with E-state index in [1.807, 2.05) is 19.1 Å². The molecular weight excluding hydrogens is 416 g/mol. The van der Waals surface area contributed by atoms with Crippen LogP contribution in [0.1, 0.15) is 21.5 Å². The summed E-state index contributed by atoms with van der Waals surface area (Å²) in [6.07, 6.45) is 0. The molecule has 0 spiro atoms. The number of aryl methyl sites for hydroxylation is 1. The van der Waals surface area contributed by atoms with Crippen molar-refractivity contribution in [1.29, 1.82) is 0 Å². The van der Waals surface area contributed by atoms with Gasteiger partial charge in [-0.2, -0.15) is 0 Å². The fourth-order valence-corrected chi connectivity index (χ4v) is 4.77. The molecule has 0 aliphatic carbocycles. The molecule has 0 bridgehead atoms. The molecule has 1 aromatic heterocycles. The zero-order chi connectivity index (χ0) is 22.0. The molecule has 2 heterocycles. The molecule has 31 heavy (non-hydrogen) atoms. The predicted molar refractivity (Wildman–Crippen MR) is 121 cm³/mol. The van der Waals surface area contributed by atoms with E-state index in [0.717, 1.165) is 28.9 Å². The molecule has 0 unspecified atom stereocenters. The average molecular weight is 441 g/mol. The van der Waals surface area contributed by atoms with Gasteiger partial charge in [-0.3, -0.25) is 24.7 Å². The molecule has 2 aromatic carbocycles. The van der Waals surface area contributed by atoms with Crippen LogP contribution in [0.4, 0.5) is 10.8 Å². The Morgan fingerprint density at radius 2 is 2.03 bits per heavy atom. The number of thiazole rings is 1. The topological polar surface area (TPSA) is 88.8 Å². The molecule has 9 heteroatoms. The van der Waals surface area contributed by atoms with E-state index >= 15 is 0 Å². The zero-order valence-corrected chi connectivity index (χ0v) is 18.4. The van der Waals surface area contributed by atoms with Crippen LogP contribution < -0.4 is 4.90 Å². The van der Waals surface area contributed by atoms with Crippen LogP contribution in [0.5, 0.6) is 0 Å². The fourth-order valence-electron chi connectivity index (χ4n) is 3.68. The Labute approximate surface area is 184 Å². The van der Waals surface area contributed by atoms with Gasteiger partial charge in [0.2, 0.25) is 0 Å². The highest BCUT2D eigenvalue weighted by Crippen LogP contribution is 2.31. The van der Waals surface area contributed by atoms with Gasteiger partial charge < -0.3 is 4.74 Å². The van der Waals surface area contributed by atoms with Gasteiger partial charge in [-0.15, -0.1) is 0 Å². The second-order valence-electron chi connectivity index (χ2n) is 7.59. The zero-order valence-electron chi connectivity index (χ0n) is 17.5. The molecule has 0 radical (unpaired) electrons. The molecule has 1 aliphatic rings. The number of rotatable bonds is 6. The second-order valence-corrected chi connectivity index (χ2v) is 8.59.